The van der Waals surface area contributed by atoms with Gasteiger partial charge < -0.3 is 9.32 Å². The fourth-order valence-electron chi connectivity index (χ4n) is 3.59. The van der Waals surface area contributed by atoms with Gasteiger partial charge in [-0.1, -0.05) is 49.6 Å². The van der Waals surface area contributed by atoms with E-state index in [2.05, 4.69) is 17.1 Å². The Balaban J connectivity index is 1.54. The van der Waals surface area contributed by atoms with Crippen molar-refractivity contribution in [2.75, 3.05) is 13.1 Å². The predicted molar refractivity (Wildman–Crippen MR) is 102 cm³/mol. The first-order valence-corrected chi connectivity index (χ1v) is 9.52. The second-order valence-electron chi connectivity index (χ2n) is 7.01. The SMILES string of the molecule is O=C(c1ccc2oc(Cc3ccccc3)nc2c1)N1CCCCCCC1. The average molecular weight is 348 g/mol. The molecule has 0 bridgehead atoms. The highest BCUT2D eigenvalue weighted by Gasteiger charge is 2.18. The summed E-state index contributed by atoms with van der Waals surface area (Å²) in [5.41, 5.74) is 3.36. The number of hydrogen-bond acceptors (Lipinski definition) is 3. The zero-order valence-corrected chi connectivity index (χ0v) is 15.0. The van der Waals surface area contributed by atoms with E-state index in [9.17, 15) is 4.79 Å². The molecule has 0 saturated carbocycles. The summed E-state index contributed by atoms with van der Waals surface area (Å²) < 4.78 is 5.85. The number of amides is 1. The maximum atomic E-state index is 12.9. The van der Waals surface area contributed by atoms with Gasteiger partial charge in [0.1, 0.15) is 5.52 Å². The number of likely N-dealkylation sites (tertiary alicyclic amines) is 1. The highest BCUT2D eigenvalue weighted by Crippen LogP contribution is 2.21. The number of benzene rings is 2. The van der Waals surface area contributed by atoms with Crippen LogP contribution in [0, 0.1) is 0 Å². The van der Waals surface area contributed by atoms with Crippen molar-refractivity contribution >= 4 is 17.0 Å². The Morgan fingerprint density at radius 2 is 1.69 bits per heavy atom. The van der Waals surface area contributed by atoms with Gasteiger partial charge in [-0.3, -0.25) is 4.79 Å². The second kappa shape index (κ2) is 7.73. The summed E-state index contributed by atoms with van der Waals surface area (Å²) in [4.78, 5) is 19.5. The van der Waals surface area contributed by atoms with E-state index in [1.54, 1.807) is 0 Å². The van der Waals surface area contributed by atoms with Crippen molar-refractivity contribution in [3.05, 3.63) is 65.5 Å². The molecule has 0 radical (unpaired) electrons. The van der Waals surface area contributed by atoms with Crippen LogP contribution in [-0.4, -0.2) is 28.9 Å². The van der Waals surface area contributed by atoms with Gasteiger partial charge in [0.05, 0.1) is 0 Å². The molecule has 2 heterocycles. The van der Waals surface area contributed by atoms with Crippen LogP contribution in [0.2, 0.25) is 0 Å². The van der Waals surface area contributed by atoms with Gasteiger partial charge in [0.2, 0.25) is 0 Å². The standard InChI is InChI=1S/C22H24N2O2/c25-22(24-13-7-2-1-3-8-14-24)18-11-12-20-19(16-18)23-21(26-20)15-17-9-5-4-6-10-17/h4-6,9-12,16H,1-3,7-8,13-15H2. The smallest absolute Gasteiger partial charge is 0.253 e. The Labute approximate surface area is 153 Å². The molecule has 4 rings (SSSR count). The molecule has 134 valence electrons. The predicted octanol–water partition coefficient (Wildman–Crippen LogP) is 4.82. The van der Waals surface area contributed by atoms with Crippen LogP contribution >= 0.6 is 0 Å². The maximum absolute atomic E-state index is 12.9. The minimum atomic E-state index is 0.112. The molecule has 0 aliphatic carbocycles. The van der Waals surface area contributed by atoms with Crippen LogP contribution in [0.3, 0.4) is 0 Å². The highest BCUT2D eigenvalue weighted by molar-refractivity contribution is 5.97. The van der Waals surface area contributed by atoms with Gasteiger partial charge >= 0.3 is 0 Å². The molecule has 1 aliphatic rings. The number of carbonyl (C=O) groups excluding carboxylic acids is 1. The van der Waals surface area contributed by atoms with Gasteiger partial charge in [0, 0.05) is 25.1 Å². The fourth-order valence-corrected chi connectivity index (χ4v) is 3.59. The summed E-state index contributed by atoms with van der Waals surface area (Å²) in [6, 6.07) is 15.7. The first-order chi connectivity index (χ1) is 12.8. The molecule has 4 nitrogen and oxygen atoms in total. The molecule has 1 amide bonds. The largest absolute Gasteiger partial charge is 0.440 e. The van der Waals surface area contributed by atoms with Crippen LogP contribution in [-0.2, 0) is 6.42 Å². The molecular formula is C22H24N2O2. The van der Waals surface area contributed by atoms with Gasteiger partial charge in [0.15, 0.2) is 11.5 Å². The van der Waals surface area contributed by atoms with Gasteiger partial charge in [-0.15, -0.1) is 0 Å². The van der Waals surface area contributed by atoms with Crippen LogP contribution in [0.25, 0.3) is 11.1 Å². The number of nitrogens with zero attached hydrogens (tertiary/aromatic N) is 2. The molecule has 0 atom stereocenters. The number of hydrogen-bond donors (Lipinski definition) is 0. The van der Waals surface area contributed by atoms with E-state index in [-0.39, 0.29) is 5.91 Å². The number of oxazole rings is 1. The number of aromatic nitrogens is 1. The van der Waals surface area contributed by atoms with Gasteiger partial charge in [-0.2, -0.15) is 0 Å². The molecule has 0 unspecified atom stereocenters. The highest BCUT2D eigenvalue weighted by atomic mass is 16.3. The minimum Gasteiger partial charge on any atom is -0.440 e. The monoisotopic (exact) mass is 348 g/mol. The summed E-state index contributed by atoms with van der Waals surface area (Å²) in [7, 11) is 0. The quantitative estimate of drug-likeness (QED) is 0.681. The van der Waals surface area contributed by atoms with Crippen LogP contribution in [0.15, 0.2) is 52.9 Å². The van der Waals surface area contributed by atoms with E-state index in [4.69, 9.17) is 4.42 Å². The van der Waals surface area contributed by atoms with Crippen molar-refractivity contribution in [1.82, 2.24) is 9.88 Å². The lowest BCUT2D eigenvalue weighted by Gasteiger charge is -2.24. The zero-order chi connectivity index (χ0) is 17.8. The molecule has 4 heteroatoms. The Bertz CT molecular complexity index is 878. The summed E-state index contributed by atoms with van der Waals surface area (Å²) >= 11 is 0. The molecule has 0 spiro atoms. The van der Waals surface area contributed by atoms with Crippen LogP contribution in [0.1, 0.15) is 53.9 Å². The molecular weight excluding hydrogens is 324 g/mol. The third-order valence-corrected chi connectivity index (χ3v) is 5.02. The van der Waals surface area contributed by atoms with Gasteiger partial charge in [0.25, 0.3) is 5.91 Å². The lowest BCUT2D eigenvalue weighted by atomic mass is 10.1. The molecule has 1 saturated heterocycles. The number of carbonyl (C=O) groups is 1. The second-order valence-corrected chi connectivity index (χ2v) is 7.01. The Morgan fingerprint density at radius 3 is 2.46 bits per heavy atom. The van der Waals surface area contributed by atoms with E-state index in [0.717, 1.165) is 42.6 Å². The van der Waals surface area contributed by atoms with Crippen molar-refractivity contribution in [3.8, 4) is 0 Å². The molecule has 1 fully saturated rings. The number of rotatable bonds is 3. The molecule has 2 aromatic carbocycles. The van der Waals surface area contributed by atoms with Crippen molar-refractivity contribution in [2.24, 2.45) is 0 Å². The zero-order valence-electron chi connectivity index (χ0n) is 15.0. The summed E-state index contributed by atoms with van der Waals surface area (Å²) in [6.45, 7) is 1.71. The van der Waals surface area contributed by atoms with Crippen molar-refractivity contribution in [3.63, 3.8) is 0 Å². The fraction of sp³-hybridized carbons (Fsp3) is 0.364. The molecule has 0 N–H and O–H groups in total. The normalized spacial score (nSPS) is 15.6. The van der Waals surface area contributed by atoms with Crippen LogP contribution in [0.4, 0.5) is 0 Å². The van der Waals surface area contributed by atoms with Gasteiger partial charge in [-0.25, -0.2) is 4.98 Å². The van der Waals surface area contributed by atoms with Crippen molar-refractivity contribution in [2.45, 2.75) is 38.5 Å². The van der Waals surface area contributed by atoms with Crippen molar-refractivity contribution in [1.29, 1.82) is 0 Å². The van der Waals surface area contributed by atoms with E-state index < -0.39 is 0 Å². The van der Waals surface area contributed by atoms with Gasteiger partial charge in [-0.05, 0) is 36.6 Å². The molecule has 1 aliphatic heterocycles. The van der Waals surface area contributed by atoms with Crippen LogP contribution < -0.4 is 0 Å². The third-order valence-electron chi connectivity index (χ3n) is 5.02. The van der Waals surface area contributed by atoms with E-state index in [1.165, 1.54) is 19.3 Å². The van der Waals surface area contributed by atoms with E-state index >= 15 is 0 Å². The van der Waals surface area contributed by atoms with Crippen LogP contribution in [0.5, 0.6) is 0 Å². The topological polar surface area (TPSA) is 46.3 Å². The van der Waals surface area contributed by atoms with Crippen molar-refractivity contribution < 1.29 is 9.21 Å². The molecule has 26 heavy (non-hydrogen) atoms. The lowest BCUT2D eigenvalue weighted by molar-refractivity contribution is 0.0742. The molecule has 3 aromatic rings. The minimum absolute atomic E-state index is 0.112. The summed E-state index contributed by atoms with van der Waals surface area (Å²) in [5, 5.41) is 0. The first kappa shape index (κ1) is 16.8. The average Bonchev–Trinajstić information content (AvgIpc) is 3.03. The Kier molecular flexibility index (Phi) is 5.00. The third kappa shape index (κ3) is 3.79. The Morgan fingerprint density at radius 1 is 0.962 bits per heavy atom. The Hall–Kier alpha value is -2.62. The van der Waals surface area contributed by atoms with E-state index in [0.29, 0.717) is 17.9 Å². The molecule has 1 aromatic heterocycles. The maximum Gasteiger partial charge on any atom is 0.253 e. The first-order valence-electron chi connectivity index (χ1n) is 9.52. The lowest BCUT2D eigenvalue weighted by Crippen LogP contribution is -2.33. The summed E-state index contributed by atoms with van der Waals surface area (Å²) in [6.07, 6.45) is 6.57. The summed E-state index contributed by atoms with van der Waals surface area (Å²) in [5.74, 6) is 0.795. The van der Waals surface area contributed by atoms with E-state index in [1.807, 2.05) is 41.3 Å². The number of fused-ring (bicyclic) bond motifs is 1.